The summed E-state index contributed by atoms with van der Waals surface area (Å²) in [5, 5.41) is 0.695. The molecule has 18 heavy (non-hydrogen) atoms. The second-order valence-corrected chi connectivity index (χ2v) is 5.26. The number of benzene rings is 1. The molecule has 2 N–H and O–H groups in total. The molecular weight excluding hydrogens is 248 g/mol. The number of nitrogens with zero attached hydrogens (tertiary/aromatic N) is 1. The molecule has 1 aromatic carbocycles. The van der Waals surface area contributed by atoms with Gasteiger partial charge in [-0.3, -0.25) is 4.79 Å². The Bertz CT molecular complexity index is 447. The lowest BCUT2D eigenvalue weighted by Gasteiger charge is -2.35. The highest BCUT2D eigenvalue weighted by molar-refractivity contribution is 6.31. The van der Waals surface area contributed by atoms with Gasteiger partial charge < -0.3 is 10.6 Å². The van der Waals surface area contributed by atoms with Gasteiger partial charge in [0.25, 0.3) is 5.91 Å². The van der Waals surface area contributed by atoms with Crippen LogP contribution in [0.5, 0.6) is 0 Å². The van der Waals surface area contributed by atoms with Gasteiger partial charge in [-0.25, -0.2) is 0 Å². The van der Waals surface area contributed by atoms with Crippen molar-refractivity contribution >= 4 is 17.5 Å². The van der Waals surface area contributed by atoms with E-state index in [0.29, 0.717) is 17.1 Å². The van der Waals surface area contributed by atoms with E-state index in [4.69, 9.17) is 17.3 Å². The lowest BCUT2D eigenvalue weighted by molar-refractivity contribution is 0.0623. The number of amides is 1. The number of rotatable bonds is 2. The fourth-order valence-corrected chi connectivity index (χ4v) is 2.57. The van der Waals surface area contributed by atoms with Gasteiger partial charge in [-0.05, 0) is 49.9 Å². The van der Waals surface area contributed by atoms with Crippen LogP contribution in [0.25, 0.3) is 0 Å². The van der Waals surface area contributed by atoms with Crippen molar-refractivity contribution in [3.05, 3.63) is 34.3 Å². The van der Waals surface area contributed by atoms with E-state index < -0.39 is 0 Å². The first-order valence-corrected chi connectivity index (χ1v) is 6.78. The summed E-state index contributed by atoms with van der Waals surface area (Å²) in [6.07, 6.45) is 3.23. The molecule has 1 aliphatic heterocycles. The molecule has 0 aromatic heterocycles. The van der Waals surface area contributed by atoms with Crippen LogP contribution < -0.4 is 5.73 Å². The topological polar surface area (TPSA) is 46.3 Å². The SMILES string of the molecule is Cc1cc(C(=O)N2CCCC[C@H]2CN)ccc1Cl. The van der Waals surface area contributed by atoms with E-state index in [-0.39, 0.29) is 11.9 Å². The zero-order valence-electron chi connectivity index (χ0n) is 10.7. The van der Waals surface area contributed by atoms with Crippen molar-refractivity contribution < 1.29 is 4.79 Å². The van der Waals surface area contributed by atoms with Crippen LogP contribution in [0.3, 0.4) is 0 Å². The summed E-state index contributed by atoms with van der Waals surface area (Å²) in [7, 11) is 0. The number of likely N-dealkylation sites (tertiary alicyclic amines) is 1. The first-order chi connectivity index (χ1) is 8.63. The molecule has 1 saturated heterocycles. The highest BCUT2D eigenvalue weighted by Gasteiger charge is 2.26. The molecule has 98 valence electrons. The number of carbonyl (C=O) groups is 1. The van der Waals surface area contributed by atoms with Crippen LogP contribution in [0, 0.1) is 6.92 Å². The predicted molar refractivity (Wildman–Crippen MR) is 73.9 cm³/mol. The molecular formula is C14H19ClN2O. The van der Waals surface area contributed by atoms with Gasteiger partial charge in [0.05, 0.1) is 0 Å². The number of aryl methyl sites for hydroxylation is 1. The molecule has 0 unspecified atom stereocenters. The molecule has 1 aromatic rings. The number of carbonyl (C=O) groups excluding carboxylic acids is 1. The zero-order valence-corrected chi connectivity index (χ0v) is 11.4. The van der Waals surface area contributed by atoms with Gasteiger partial charge in [0, 0.05) is 29.7 Å². The third-order valence-corrected chi connectivity index (χ3v) is 3.99. The van der Waals surface area contributed by atoms with Crippen molar-refractivity contribution in [1.82, 2.24) is 4.90 Å². The van der Waals surface area contributed by atoms with Gasteiger partial charge in [-0.1, -0.05) is 11.6 Å². The van der Waals surface area contributed by atoms with E-state index in [1.54, 1.807) is 12.1 Å². The van der Waals surface area contributed by atoms with Crippen molar-refractivity contribution in [2.75, 3.05) is 13.1 Å². The van der Waals surface area contributed by atoms with E-state index in [0.717, 1.165) is 31.4 Å². The van der Waals surface area contributed by atoms with E-state index in [1.807, 2.05) is 17.9 Å². The summed E-state index contributed by atoms with van der Waals surface area (Å²) in [6.45, 7) is 3.26. The number of halogens is 1. The van der Waals surface area contributed by atoms with E-state index in [2.05, 4.69) is 0 Å². The lowest BCUT2D eigenvalue weighted by atomic mass is 10.0. The molecule has 1 atom stereocenters. The van der Waals surface area contributed by atoms with E-state index in [9.17, 15) is 4.79 Å². The minimum Gasteiger partial charge on any atom is -0.334 e. The zero-order chi connectivity index (χ0) is 13.1. The Balaban J connectivity index is 2.21. The van der Waals surface area contributed by atoms with Crippen LogP contribution in [-0.4, -0.2) is 29.9 Å². The summed E-state index contributed by atoms with van der Waals surface area (Å²) in [5.74, 6) is 0.0740. The molecule has 1 heterocycles. The number of piperidine rings is 1. The van der Waals surface area contributed by atoms with Crippen LogP contribution in [-0.2, 0) is 0 Å². The first-order valence-electron chi connectivity index (χ1n) is 6.40. The first kappa shape index (κ1) is 13.4. The van der Waals surface area contributed by atoms with Crippen LogP contribution >= 0.6 is 11.6 Å². The highest BCUT2D eigenvalue weighted by Crippen LogP contribution is 2.21. The Morgan fingerprint density at radius 1 is 1.50 bits per heavy atom. The van der Waals surface area contributed by atoms with Crippen LogP contribution in [0.4, 0.5) is 0 Å². The van der Waals surface area contributed by atoms with Crippen molar-refractivity contribution in [2.24, 2.45) is 5.73 Å². The van der Waals surface area contributed by atoms with Crippen LogP contribution in [0.15, 0.2) is 18.2 Å². The molecule has 0 saturated carbocycles. The van der Waals surface area contributed by atoms with Crippen LogP contribution in [0.1, 0.15) is 35.2 Å². The van der Waals surface area contributed by atoms with Gasteiger partial charge in [-0.2, -0.15) is 0 Å². The smallest absolute Gasteiger partial charge is 0.254 e. The maximum atomic E-state index is 12.5. The maximum absolute atomic E-state index is 12.5. The average Bonchev–Trinajstić information content (AvgIpc) is 2.41. The molecule has 1 aliphatic rings. The summed E-state index contributed by atoms with van der Waals surface area (Å²) >= 11 is 5.98. The molecule has 0 bridgehead atoms. The molecule has 0 radical (unpaired) electrons. The summed E-state index contributed by atoms with van der Waals surface area (Å²) in [6, 6.07) is 5.61. The van der Waals surface area contributed by atoms with Gasteiger partial charge in [-0.15, -0.1) is 0 Å². The Hall–Kier alpha value is -1.06. The van der Waals surface area contributed by atoms with E-state index >= 15 is 0 Å². The lowest BCUT2D eigenvalue weighted by Crippen LogP contribution is -2.47. The number of hydrogen-bond donors (Lipinski definition) is 1. The highest BCUT2D eigenvalue weighted by atomic mass is 35.5. The Morgan fingerprint density at radius 3 is 2.94 bits per heavy atom. The fourth-order valence-electron chi connectivity index (χ4n) is 2.46. The number of nitrogens with two attached hydrogens (primary N) is 1. The third kappa shape index (κ3) is 2.68. The predicted octanol–water partition coefficient (Wildman–Crippen LogP) is 2.60. The minimum absolute atomic E-state index is 0.0740. The second kappa shape index (κ2) is 5.72. The Morgan fingerprint density at radius 2 is 2.28 bits per heavy atom. The number of hydrogen-bond acceptors (Lipinski definition) is 2. The van der Waals surface area contributed by atoms with Crippen LogP contribution in [0.2, 0.25) is 5.02 Å². The largest absolute Gasteiger partial charge is 0.334 e. The molecule has 2 rings (SSSR count). The van der Waals surface area contributed by atoms with Crippen molar-refractivity contribution in [3.8, 4) is 0 Å². The normalized spacial score (nSPS) is 19.9. The van der Waals surface area contributed by atoms with Crippen molar-refractivity contribution in [3.63, 3.8) is 0 Å². The average molecular weight is 267 g/mol. The summed E-state index contributed by atoms with van der Waals surface area (Å²) < 4.78 is 0. The van der Waals surface area contributed by atoms with Gasteiger partial charge >= 0.3 is 0 Å². The van der Waals surface area contributed by atoms with Crippen molar-refractivity contribution in [1.29, 1.82) is 0 Å². The maximum Gasteiger partial charge on any atom is 0.254 e. The fraction of sp³-hybridized carbons (Fsp3) is 0.500. The quantitative estimate of drug-likeness (QED) is 0.894. The molecule has 0 aliphatic carbocycles. The summed E-state index contributed by atoms with van der Waals surface area (Å²) in [4.78, 5) is 14.4. The monoisotopic (exact) mass is 266 g/mol. The molecule has 3 nitrogen and oxygen atoms in total. The third-order valence-electron chi connectivity index (χ3n) is 3.56. The standard InChI is InChI=1S/C14H19ClN2O/c1-10-8-11(5-6-13(10)15)14(18)17-7-3-2-4-12(17)9-16/h5-6,8,12H,2-4,7,9,16H2,1H3/t12-/m0/s1. The molecule has 1 amide bonds. The minimum atomic E-state index is 0.0740. The van der Waals surface area contributed by atoms with Gasteiger partial charge in [0.15, 0.2) is 0 Å². The summed E-state index contributed by atoms with van der Waals surface area (Å²) in [5.41, 5.74) is 7.39. The van der Waals surface area contributed by atoms with E-state index in [1.165, 1.54) is 0 Å². The van der Waals surface area contributed by atoms with Gasteiger partial charge in [0.1, 0.15) is 0 Å². The Labute approximate surface area is 113 Å². The van der Waals surface area contributed by atoms with Gasteiger partial charge in [0.2, 0.25) is 0 Å². The Kier molecular flexibility index (Phi) is 4.25. The van der Waals surface area contributed by atoms with Crippen molar-refractivity contribution in [2.45, 2.75) is 32.2 Å². The molecule has 0 spiro atoms. The molecule has 4 heteroatoms. The molecule has 1 fully saturated rings. The second-order valence-electron chi connectivity index (χ2n) is 4.85.